The van der Waals surface area contributed by atoms with Crippen LogP contribution in [-0.4, -0.2) is 18.8 Å². The van der Waals surface area contributed by atoms with Gasteiger partial charge in [-0.05, 0) is 45.6 Å². The van der Waals surface area contributed by atoms with E-state index in [4.69, 9.17) is 13.9 Å². The highest BCUT2D eigenvalue weighted by Gasteiger charge is 2.18. The van der Waals surface area contributed by atoms with E-state index in [0.29, 0.717) is 17.0 Å². The molecule has 22 heavy (non-hydrogen) atoms. The number of nitrogens with zero attached hydrogens (tertiary/aromatic N) is 1. The summed E-state index contributed by atoms with van der Waals surface area (Å²) in [4.78, 5) is 12.5. The van der Waals surface area contributed by atoms with E-state index in [1.165, 1.54) is 4.57 Å². The molecule has 2 rings (SSSR count). The molecule has 0 radical (unpaired) electrons. The van der Waals surface area contributed by atoms with E-state index in [1.807, 2.05) is 26.8 Å². The summed E-state index contributed by atoms with van der Waals surface area (Å²) in [5.74, 6) is 1.28. The molecule has 0 atom stereocenters. The Bertz CT molecular complexity index is 837. The first-order valence-electron chi connectivity index (χ1n) is 6.93. The predicted octanol–water partition coefficient (Wildman–Crippen LogP) is 1.45. The zero-order chi connectivity index (χ0) is 16.5. The molecule has 2 aromatic rings. The van der Waals surface area contributed by atoms with Crippen molar-refractivity contribution in [2.75, 3.05) is 14.2 Å². The van der Waals surface area contributed by atoms with E-state index in [0.717, 1.165) is 5.56 Å². The van der Waals surface area contributed by atoms with Crippen molar-refractivity contribution in [2.24, 2.45) is 0 Å². The molecule has 118 valence electrons. The molecule has 0 aliphatic heterocycles. The Morgan fingerprint density at radius 1 is 1.23 bits per heavy atom. The van der Waals surface area contributed by atoms with Crippen molar-refractivity contribution in [3.63, 3.8) is 0 Å². The molecule has 5 heteroatoms. The molecule has 0 aliphatic carbocycles. The van der Waals surface area contributed by atoms with Gasteiger partial charge in [-0.25, -0.2) is 0 Å². The van der Waals surface area contributed by atoms with Gasteiger partial charge in [0, 0.05) is 17.2 Å². The van der Waals surface area contributed by atoms with Crippen LogP contribution in [0.4, 0.5) is 0 Å². The van der Waals surface area contributed by atoms with E-state index in [2.05, 4.69) is 6.58 Å². The van der Waals surface area contributed by atoms with Gasteiger partial charge in [0.15, 0.2) is 11.0 Å². The van der Waals surface area contributed by atoms with E-state index in [9.17, 15) is 4.79 Å². The third-order valence-electron chi connectivity index (χ3n) is 3.29. The Morgan fingerprint density at radius 3 is 2.41 bits per heavy atom. The molecular formula is C17H21NO4. The molecule has 0 fully saturated rings. The predicted molar refractivity (Wildman–Crippen MR) is 85.8 cm³/mol. The average molecular weight is 303 g/mol. The monoisotopic (exact) mass is 303 g/mol. The second-order valence-electron chi connectivity index (χ2n) is 5.92. The first kappa shape index (κ1) is 15.9. The highest BCUT2D eigenvalue weighted by Crippen LogP contribution is 2.24. The normalized spacial score (nSPS) is 12.5. The van der Waals surface area contributed by atoms with Crippen molar-refractivity contribution >= 4 is 12.7 Å². The highest BCUT2D eigenvalue weighted by molar-refractivity contribution is 5.58. The lowest BCUT2D eigenvalue weighted by molar-refractivity contribution is 0.348. The second kappa shape index (κ2) is 5.75. The van der Waals surface area contributed by atoms with Crippen LogP contribution in [-0.2, 0) is 5.54 Å². The summed E-state index contributed by atoms with van der Waals surface area (Å²) >= 11 is 0. The van der Waals surface area contributed by atoms with Gasteiger partial charge in [-0.15, -0.1) is 0 Å². The lowest BCUT2D eigenvalue weighted by Crippen LogP contribution is -2.41. The third-order valence-corrected chi connectivity index (χ3v) is 3.29. The minimum Gasteiger partial charge on any atom is -0.497 e. The molecule has 0 N–H and O–H groups in total. The SMILES string of the molecule is C=c1o/c(=C/c2ccc(OC)cc2OC)c(=O)n1C(C)(C)C. The maximum atomic E-state index is 12.5. The Hall–Kier alpha value is -2.43. The van der Waals surface area contributed by atoms with Gasteiger partial charge in [0.2, 0.25) is 0 Å². The molecule has 0 saturated heterocycles. The number of oxazole rings is 1. The van der Waals surface area contributed by atoms with Crippen molar-refractivity contribution < 1.29 is 13.9 Å². The first-order chi connectivity index (χ1) is 10.3. The van der Waals surface area contributed by atoms with Crippen LogP contribution in [0, 0.1) is 0 Å². The van der Waals surface area contributed by atoms with Gasteiger partial charge in [-0.3, -0.25) is 9.36 Å². The van der Waals surface area contributed by atoms with Gasteiger partial charge in [0.05, 0.1) is 14.2 Å². The average Bonchev–Trinajstić information content (AvgIpc) is 2.73. The smallest absolute Gasteiger partial charge is 0.296 e. The molecule has 0 spiro atoms. The number of hydrogen-bond donors (Lipinski definition) is 0. The summed E-state index contributed by atoms with van der Waals surface area (Å²) in [6, 6.07) is 5.36. The van der Waals surface area contributed by atoms with Crippen LogP contribution in [0.5, 0.6) is 11.5 Å². The fourth-order valence-electron chi connectivity index (χ4n) is 2.29. The molecule has 0 unspecified atom stereocenters. The molecule has 1 heterocycles. The van der Waals surface area contributed by atoms with Crippen molar-refractivity contribution in [3.8, 4) is 11.5 Å². The maximum absolute atomic E-state index is 12.5. The van der Waals surface area contributed by atoms with Crippen LogP contribution in [0.15, 0.2) is 27.4 Å². The van der Waals surface area contributed by atoms with Gasteiger partial charge in [-0.1, -0.05) is 0 Å². The Morgan fingerprint density at radius 2 is 1.91 bits per heavy atom. The van der Waals surface area contributed by atoms with Crippen LogP contribution < -0.4 is 26.0 Å². The molecule has 1 aromatic carbocycles. The van der Waals surface area contributed by atoms with E-state index < -0.39 is 5.54 Å². The lowest BCUT2D eigenvalue weighted by Gasteiger charge is -2.18. The van der Waals surface area contributed by atoms with Crippen molar-refractivity contribution in [2.45, 2.75) is 26.3 Å². The van der Waals surface area contributed by atoms with Gasteiger partial charge < -0.3 is 13.9 Å². The maximum Gasteiger partial charge on any atom is 0.296 e. The second-order valence-corrected chi connectivity index (χ2v) is 5.92. The van der Waals surface area contributed by atoms with Gasteiger partial charge in [-0.2, -0.15) is 0 Å². The number of aromatic nitrogens is 1. The van der Waals surface area contributed by atoms with Crippen LogP contribution in [0.25, 0.3) is 12.7 Å². The molecule has 0 amide bonds. The highest BCUT2D eigenvalue weighted by atomic mass is 16.5. The summed E-state index contributed by atoms with van der Waals surface area (Å²) in [6.45, 7) is 9.59. The van der Waals surface area contributed by atoms with E-state index >= 15 is 0 Å². The molecule has 5 nitrogen and oxygen atoms in total. The van der Waals surface area contributed by atoms with Crippen LogP contribution in [0.3, 0.4) is 0 Å². The minimum absolute atomic E-state index is 0.213. The summed E-state index contributed by atoms with van der Waals surface area (Å²) in [6.07, 6.45) is 1.65. The Balaban J connectivity index is 2.66. The summed E-state index contributed by atoms with van der Waals surface area (Å²) < 4.78 is 17.6. The fraction of sp³-hybridized carbons (Fsp3) is 0.353. The summed E-state index contributed by atoms with van der Waals surface area (Å²) in [7, 11) is 3.15. The van der Waals surface area contributed by atoms with E-state index in [1.54, 1.807) is 32.4 Å². The van der Waals surface area contributed by atoms with Crippen molar-refractivity contribution in [1.82, 2.24) is 4.57 Å². The zero-order valence-electron chi connectivity index (χ0n) is 13.6. The topological polar surface area (TPSA) is 53.6 Å². The standard InChI is InChI=1S/C17H21NO4/c1-11-18(17(2,3)4)16(19)15(22-11)9-12-7-8-13(20-5)10-14(12)21-6/h7-10H,1H2,2-6H3/b15-9+. The number of methoxy groups -OCH3 is 2. The van der Waals surface area contributed by atoms with Gasteiger partial charge in [0.25, 0.3) is 5.56 Å². The van der Waals surface area contributed by atoms with E-state index in [-0.39, 0.29) is 11.0 Å². The van der Waals surface area contributed by atoms with Crippen molar-refractivity contribution in [3.05, 3.63) is 45.1 Å². The minimum atomic E-state index is -0.395. The lowest BCUT2D eigenvalue weighted by atomic mass is 10.1. The van der Waals surface area contributed by atoms with Crippen LogP contribution in [0.2, 0.25) is 0 Å². The fourth-order valence-corrected chi connectivity index (χ4v) is 2.29. The van der Waals surface area contributed by atoms with Gasteiger partial charge >= 0.3 is 0 Å². The molecule has 0 aliphatic rings. The number of hydrogen-bond acceptors (Lipinski definition) is 4. The zero-order valence-corrected chi connectivity index (χ0v) is 13.6. The molecule has 1 aromatic heterocycles. The van der Waals surface area contributed by atoms with Crippen molar-refractivity contribution in [1.29, 1.82) is 0 Å². The quantitative estimate of drug-likeness (QED) is 0.861. The molecular weight excluding hydrogens is 282 g/mol. The first-order valence-corrected chi connectivity index (χ1v) is 6.93. The number of benzene rings is 1. The summed E-state index contributed by atoms with van der Waals surface area (Å²) in [5.41, 5.74) is 0.679. The molecule has 0 bridgehead atoms. The Labute approximate surface area is 129 Å². The largest absolute Gasteiger partial charge is 0.497 e. The summed E-state index contributed by atoms with van der Waals surface area (Å²) in [5, 5.41) is 0. The molecule has 0 saturated carbocycles. The van der Waals surface area contributed by atoms with Crippen LogP contribution in [0.1, 0.15) is 26.3 Å². The third kappa shape index (κ3) is 2.93. The van der Waals surface area contributed by atoms with Gasteiger partial charge in [0.1, 0.15) is 11.5 Å². The number of ether oxygens (including phenoxy) is 2. The van der Waals surface area contributed by atoms with Crippen LogP contribution >= 0.6 is 0 Å². The number of rotatable bonds is 3. The Kier molecular flexibility index (Phi) is 4.17.